The number of carbonyl (C=O) groups excluding carboxylic acids is 1. The lowest BCUT2D eigenvalue weighted by Gasteiger charge is -2.30. The molecule has 0 saturated carbocycles. The Kier molecular flexibility index (Phi) is 4.70. The summed E-state index contributed by atoms with van der Waals surface area (Å²) in [5, 5.41) is 3.34. The second-order valence-corrected chi connectivity index (χ2v) is 6.72. The van der Waals surface area contributed by atoms with Crippen LogP contribution >= 0.6 is 0 Å². The molecule has 0 unspecified atom stereocenters. The molecule has 0 bridgehead atoms. The number of amidine groups is 1. The van der Waals surface area contributed by atoms with Gasteiger partial charge in [-0.1, -0.05) is 48.5 Å². The molecule has 2 aromatic carbocycles. The first kappa shape index (κ1) is 17.0. The first-order valence-corrected chi connectivity index (χ1v) is 8.46. The van der Waals surface area contributed by atoms with Gasteiger partial charge in [0.05, 0.1) is 5.54 Å². The lowest BCUT2D eigenvalue weighted by atomic mass is 9.91. The van der Waals surface area contributed by atoms with Crippen LogP contribution in [-0.4, -0.2) is 11.6 Å². The maximum Gasteiger partial charge on any atom is 0.158 e. The molecule has 1 aliphatic rings. The van der Waals surface area contributed by atoms with Gasteiger partial charge in [-0.3, -0.25) is 9.79 Å². The number of rotatable bonds is 5. The van der Waals surface area contributed by atoms with Crippen LogP contribution in [0.5, 0.6) is 0 Å². The van der Waals surface area contributed by atoms with Crippen LogP contribution in [0, 0.1) is 0 Å². The number of nitrogens with two attached hydrogens (primary N) is 1. The fourth-order valence-electron chi connectivity index (χ4n) is 3.03. The number of para-hydroxylation sites is 1. The third-order valence-electron chi connectivity index (χ3n) is 4.31. The Balaban J connectivity index is 1.66. The van der Waals surface area contributed by atoms with Crippen LogP contribution in [0.4, 0.5) is 5.69 Å². The highest BCUT2D eigenvalue weighted by Crippen LogP contribution is 2.35. The molecule has 0 radical (unpaired) electrons. The number of ketones is 1. The maximum absolute atomic E-state index is 12.2. The molecule has 0 spiro atoms. The second-order valence-electron chi connectivity index (χ2n) is 6.72. The summed E-state index contributed by atoms with van der Waals surface area (Å²) < 4.78 is 0. The van der Waals surface area contributed by atoms with E-state index < -0.39 is 0 Å². The van der Waals surface area contributed by atoms with E-state index in [-0.39, 0.29) is 11.3 Å². The van der Waals surface area contributed by atoms with Crippen LogP contribution in [0.1, 0.15) is 37.8 Å². The molecule has 3 rings (SSSR count). The summed E-state index contributed by atoms with van der Waals surface area (Å²) in [6, 6.07) is 17.7. The minimum atomic E-state index is -0.293. The predicted octanol–water partition coefficient (Wildman–Crippen LogP) is 4.09. The van der Waals surface area contributed by atoms with Crippen LogP contribution in [0.3, 0.4) is 0 Å². The Hall–Kier alpha value is -2.88. The first-order chi connectivity index (χ1) is 12.0. The highest BCUT2D eigenvalue weighted by Gasteiger charge is 2.27. The van der Waals surface area contributed by atoms with Crippen molar-refractivity contribution in [3.8, 4) is 0 Å². The Morgan fingerprint density at radius 2 is 1.80 bits per heavy atom. The highest BCUT2D eigenvalue weighted by molar-refractivity contribution is 6.02. The van der Waals surface area contributed by atoms with Crippen molar-refractivity contribution in [2.24, 2.45) is 10.7 Å². The van der Waals surface area contributed by atoms with Gasteiger partial charge >= 0.3 is 0 Å². The molecular formula is C21H23N3O. The normalized spacial score (nSPS) is 15.8. The summed E-state index contributed by atoms with van der Waals surface area (Å²) in [5.74, 6) is 0.839. The number of nitrogens with one attached hydrogen (secondary N) is 1. The SMILES string of the molecule is CC1(C)N=C(CCC(=O)C=C(N)c2ccccc2)Nc2ccccc21. The smallest absolute Gasteiger partial charge is 0.158 e. The molecule has 4 nitrogen and oxygen atoms in total. The molecule has 0 atom stereocenters. The highest BCUT2D eigenvalue weighted by atomic mass is 16.1. The van der Waals surface area contributed by atoms with Gasteiger partial charge in [0.1, 0.15) is 5.84 Å². The standard InChI is InChI=1S/C21H23N3O/c1-21(2)17-10-6-7-11-19(17)23-20(24-21)13-12-16(25)14-18(22)15-8-4-3-5-9-15/h3-11,14H,12-13,22H2,1-2H3,(H,23,24). The van der Waals surface area contributed by atoms with E-state index in [0.29, 0.717) is 18.5 Å². The summed E-state index contributed by atoms with van der Waals surface area (Å²) in [7, 11) is 0. The number of benzene rings is 2. The quantitative estimate of drug-likeness (QED) is 0.810. The van der Waals surface area contributed by atoms with Crippen LogP contribution in [-0.2, 0) is 10.3 Å². The third-order valence-corrected chi connectivity index (χ3v) is 4.31. The second kappa shape index (κ2) is 6.93. The van der Waals surface area contributed by atoms with Crippen molar-refractivity contribution in [1.82, 2.24) is 0 Å². The van der Waals surface area contributed by atoms with Crippen molar-refractivity contribution < 1.29 is 4.79 Å². The van der Waals surface area contributed by atoms with Crippen LogP contribution in [0.15, 0.2) is 65.7 Å². The molecule has 128 valence electrons. The molecule has 0 aromatic heterocycles. The summed E-state index contributed by atoms with van der Waals surface area (Å²) in [5.41, 5.74) is 9.29. The molecule has 0 amide bonds. The van der Waals surface area contributed by atoms with E-state index in [1.807, 2.05) is 48.5 Å². The molecule has 3 N–H and O–H groups in total. The molecule has 0 fully saturated rings. The van der Waals surface area contributed by atoms with Gasteiger partial charge < -0.3 is 11.1 Å². The van der Waals surface area contributed by atoms with E-state index in [4.69, 9.17) is 10.7 Å². The topological polar surface area (TPSA) is 67.5 Å². The van der Waals surface area contributed by atoms with Gasteiger partial charge in [-0.2, -0.15) is 0 Å². The van der Waals surface area contributed by atoms with Crippen LogP contribution in [0.25, 0.3) is 5.70 Å². The molecule has 1 heterocycles. The van der Waals surface area contributed by atoms with Crippen molar-refractivity contribution in [2.45, 2.75) is 32.2 Å². The Labute approximate surface area is 148 Å². The number of aliphatic imine (C=N–C) groups is 1. The van der Waals surface area contributed by atoms with Gasteiger partial charge in [0, 0.05) is 35.9 Å². The summed E-state index contributed by atoms with van der Waals surface area (Å²) in [6.45, 7) is 4.17. The van der Waals surface area contributed by atoms with E-state index in [1.165, 1.54) is 11.6 Å². The fourth-order valence-corrected chi connectivity index (χ4v) is 3.03. The van der Waals surface area contributed by atoms with E-state index >= 15 is 0 Å². The molecule has 25 heavy (non-hydrogen) atoms. The number of carbonyl (C=O) groups is 1. The molecule has 1 aliphatic heterocycles. The molecular weight excluding hydrogens is 310 g/mol. The van der Waals surface area contributed by atoms with Crippen molar-refractivity contribution in [2.75, 3.05) is 5.32 Å². The Morgan fingerprint density at radius 1 is 1.12 bits per heavy atom. The van der Waals surface area contributed by atoms with Gasteiger partial charge in [0.2, 0.25) is 0 Å². The Morgan fingerprint density at radius 3 is 2.56 bits per heavy atom. The van der Waals surface area contributed by atoms with Gasteiger partial charge in [-0.25, -0.2) is 0 Å². The minimum absolute atomic E-state index is 0.00233. The lowest BCUT2D eigenvalue weighted by Crippen LogP contribution is -2.28. The average Bonchev–Trinajstić information content (AvgIpc) is 2.60. The summed E-state index contributed by atoms with van der Waals surface area (Å²) in [6.07, 6.45) is 2.45. The zero-order chi connectivity index (χ0) is 17.9. The van der Waals surface area contributed by atoms with Crippen molar-refractivity contribution in [1.29, 1.82) is 0 Å². The molecule has 0 saturated heterocycles. The van der Waals surface area contributed by atoms with E-state index in [2.05, 4.69) is 25.2 Å². The average molecular weight is 333 g/mol. The summed E-state index contributed by atoms with van der Waals surface area (Å²) >= 11 is 0. The number of nitrogens with zero attached hydrogens (tertiary/aromatic N) is 1. The molecule has 0 aliphatic carbocycles. The summed E-state index contributed by atoms with van der Waals surface area (Å²) in [4.78, 5) is 17.0. The minimum Gasteiger partial charge on any atom is -0.398 e. The number of anilines is 1. The van der Waals surface area contributed by atoms with Crippen LogP contribution < -0.4 is 11.1 Å². The molecule has 2 aromatic rings. The third kappa shape index (κ3) is 3.97. The number of fused-ring (bicyclic) bond motifs is 1. The lowest BCUT2D eigenvalue weighted by molar-refractivity contribution is -0.114. The maximum atomic E-state index is 12.2. The van der Waals surface area contributed by atoms with Crippen molar-refractivity contribution in [3.05, 3.63) is 71.8 Å². The molecule has 4 heteroatoms. The van der Waals surface area contributed by atoms with E-state index in [1.54, 1.807) is 0 Å². The number of allylic oxidation sites excluding steroid dienone is 1. The number of hydrogen-bond donors (Lipinski definition) is 2. The zero-order valence-corrected chi connectivity index (χ0v) is 14.6. The van der Waals surface area contributed by atoms with Crippen molar-refractivity contribution in [3.63, 3.8) is 0 Å². The first-order valence-electron chi connectivity index (χ1n) is 8.46. The van der Waals surface area contributed by atoms with Gasteiger partial charge in [0.25, 0.3) is 0 Å². The largest absolute Gasteiger partial charge is 0.398 e. The number of hydrogen-bond acceptors (Lipinski definition) is 4. The van der Waals surface area contributed by atoms with E-state index in [9.17, 15) is 4.79 Å². The zero-order valence-electron chi connectivity index (χ0n) is 14.6. The van der Waals surface area contributed by atoms with Crippen molar-refractivity contribution >= 4 is 23.0 Å². The fraction of sp³-hybridized carbons (Fsp3) is 0.238. The monoisotopic (exact) mass is 333 g/mol. The van der Waals surface area contributed by atoms with Gasteiger partial charge in [-0.05, 0) is 25.5 Å². The van der Waals surface area contributed by atoms with E-state index in [0.717, 1.165) is 17.1 Å². The Bertz CT molecular complexity index is 835. The van der Waals surface area contributed by atoms with Crippen LogP contribution in [0.2, 0.25) is 0 Å². The van der Waals surface area contributed by atoms with Gasteiger partial charge in [0.15, 0.2) is 5.78 Å². The predicted molar refractivity (Wildman–Crippen MR) is 103 cm³/mol. The van der Waals surface area contributed by atoms with Gasteiger partial charge in [-0.15, -0.1) is 0 Å².